The van der Waals surface area contributed by atoms with Crippen LogP contribution in [0.25, 0.3) is 0 Å². The van der Waals surface area contributed by atoms with E-state index in [4.69, 9.17) is 0 Å². The summed E-state index contributed by atoms with van der Waals surface area (Å²) in [4.78, 5) is 38.7. The lowest BCUT2D eigenvalue weighted by atomic mass is 9.87. The summed E-state index contributed by atoms with van der Waals surface area (Å²) in [5.41, 5.74) is 3.00. The topological polar surface area (TPSA) is 78.5 Å². The molecule has 3 amide bonds. The number of Topliss-reactive ketones (excluding diaryl/α,β-unsaturated/α-hetero) is 1. The zero-order valence-corrected chi connectivity index (χ0v) is 19.8. The van der Waals surface area contributed by atoms with Crippen LogP contribution in [0, 0.1) is 0 Å². The lowest BCUT2D eigenvalue weighted by molar-refractivity contribution is -0.118. The standard InChI is InChI=1S/C26H35N3O3/c1-26(2,3)21-13-11-20(12-14-21)24(31)28-25(32)27-22-15-9-19(10-16-22)18-23(30)8-6-7-17-29(4)5/h9-16H,6-8,17-18H2,1-5H3,(H2,27,28,31,32). The molecule has 0 heterocycles. The maximum atomic E-state index is 12.3. The van der Waals surface area contributed by atoms with Crippen molar-refractivity contribution < 1.29 is 14.4 Å². The highest BCUT2D eigenvalue weighted by Gasteiger charge is 2.15. The summed E-state index contributed by atoms with van der Waals surface area (Å²) in [6.45, 7) is 7.29. The molecule has 0 bridgehead atoms. The highest BCUT2D eigenvalue weighted by atomic mass is 16.2. The fraction of sp³-hybridized carbons (Fsp3) is 0.423. The number of nitrogens with one attached hydrogen (secondary N) is 2. The second kappa shape index (κ2) is 11.6. The van der Waals surface area contributed by atoms with Gasteiger partial charge in [0.05, 0.1) is 0 Å². The van der Waals surface area contributed by atoms with Gasteiger partial charge in [-0.25, -0.2) is 4.79 Å². The van der Waals surface area contributed by atoms with Gasteiger partial charge >= 0.3 is 6.03 Å². The first kappa shape index (κ1) is 25.3. The summed E-state index contributed by atoms with van der Waals surface area (Å²) in [6, 6.07) is 13.7. The minimum Gasteiger partial charge on any atom is -0.309 e. The van der Waals surface area contributed by atoms with Gasteiger partial charge in [0, 0.05) is 24.1 Å². The van der Waals surface area contributed by atoms with Crippen molar-refractivity contribution in [1.82, 2.24) is 10.2 Å². The van der Waals surface area contributed by atoms with E-state index in [1.54, 1.807) is 24.3 Å². The predicted octanol–water partition coefficient (Wildman–Crippen LogP) is 4.79. The van der Waals surface area contributed by atoms with E-state index in [0.29, 0.717) is 24.1 Å². The van der Waals surface area contributed by atoms with Crippen LogP contribution >= 0.6 is 0 Å². The number of urea groups is 1. The van der Waals surface area contributed by atoms with E-state index in [0.717, 1.165) is 30.5 Å². The first-order valence-corrected chi connectivity index (χ1v) is 11.0. The SMILES string of the molecule is CN(C)CCCCC(=O)Cc1ccc(NC(=O)NC(=O)c2ccc(C(C)(C)C)cc2)cc1. The molecule has 0 aliphatic heterocycles. The molecule has 172 valence electrons. The number of hydrogen-bond acceptors (Lipinski definition) is 4. The quantitative estimate of drug-likeness (QED) is 0.553. The van der Waals surface area contributed by atoms with Crippen LogP contribution in [0.2, 0.25) is 0 Å². The van der Waals surface area contributed by atoms with E-state index >= 15 is 0 Å². The van der Waals surface area contributed by atoms with E-state index in [2.05, 4.69) is 36.3 Å². The molecule has 2 N–H and O–H groups in total. The largest absolute Gasteiger partial charge is 0.326 e. The van der Waals surface area contributed by atoms with Crippen LogP contribution in [-0.2, 0) is 16.6 Å². The Morgan fingerprint density at radius 2 is 1.50 bits per heavy atom. The van der Waals surface area contributed by atoms with Gasteiger partial charge in [-0.15, -0.1) is 0 Å². The number of hydrogen-bond donors (Lipinski definition) is 2. The summed E-state index contributed by atoms with van der Waals surface area (Å²) < 4.78 is 0. The van der Waals surface area contributed by atoms with Crippen molar-refractivity contribution in [2.24, 2.45) is 0 Å². The normalized spacial score (nSPS) is 11.3. The molecule has 0 aliphatic rings. The Hall–Kier alpha value is -2.99. The first-order valence-electron chi connectivity index (χ1n) is 11.0. The van der Waals surface area contributed by atoms with Crippen LogP contribution in [0.3, 0.4) is 0 Å². The zero-order chi connectivity index (χ0) is 23.7. The lowest BCUT2D eigenvalue weighted by Gasteiger charge is -2.19. The Balaban J connectivity index is 1.81. The summed E-state index contributed by atoms with van der Waals surface area (Å²) in [5.74, 6) is -0.246. The van der Waals surface area contributed by atoms with Gasteiger partial charge in [-0.3, -0.25) is 14.9 Å². The van der Waals surface area contributed by atoms with E-state index in [1.807, 2.05) is 38.4 Å². The fourth-order valence-corrected chi connectivity index (χ4v) is 3.23. The van der Waals surface area contributed by atoms with Crippen molar-refractivity contribution in [3.05, 3.63) is 65.2 Å². The van der Waals surface area contributed by atoms with Crippen LogP contribution in [-0.4, -0.2) is 43.3 Å². The van der Waals surface area contributed by atoms with Gasteiger partial charge in [0.25, 0.3) is 5.91 Å². The van der Waals surface area contributed by atoms with Crippen LogP contribution in [0.1, 0.15) is 61.5 Å². The van der Waals surface area contributed by atoms with Crippen molar-refractivity contribution in [1.29, 1.82) is 0 Å². The molecule has 2 aromatic carbocycles. The van der Waals surface area contributed by atoms with E-state index in [1.165, 1.54) is 0 Å². The average molecular weight is 438 g/mol. The molecular formula is C26H35N3O3. The molecule has 0 aromatic heterocycles. The highest BCUT2D eigenvalue weighted by molar-refractivity contribution is 6.08. The maximum absolute atomic E-state index is 12.3. The molecule has 32 heavy (non-hydrogen) atoms. The van der Waals surface area contributed by atoms with Crippen molar-refractivity contribution in [3.8, 4) is 0 Å². The fourth-order valence-electron chi connectivity index (χ4n) is 3.23. The van der Waals surface area contributed by atoms with Crippen LogP contribution < -0.4 is 10.6 Å². The molecule has 0 radical (unpaired) electrons. The highest BCUT2D eigenvalue weighted by Crippen LogP contribution is 2.22. The van der Waals surface area contributed by atoms with E-state index in [-0.39, 0.29) is 11.2 Å². The molecule has 0 spiro atoms. The van der Waals surface area contributed by atoms with Crippen molar-refractivity contribution >= 4 is 23.4 Å². The summed E-state index contributed by atoms with van der Waals surface area (Å²) in [5, 5.41) is 4.99. The molecular weight excluding hydrogens is 402 g/mol. The van der Waals surface area contributed by atoms with Gasteiger partial charge in [-0.05, 0) is 74.3 Å². The van der Waals surface area contributed by atoms with Gasteiger partial charge in [-0.1, -0.05) is 45.0 Å². The third-order valence-corrected chi connectivity index (χ3v) is 5.16. The third kappa shape index (κ3) is 8.63. The predicted molar refractivity (Wildman–Crippen MR) is 129 cm³/mol. The smallest absolute Gasteiger partial charge is 0.309 e. The van der Waals surface area contributed by atoms with Gasteiger partial charge in [0.2, 0.25) is 0 Å². The van der Waals surface area contributed by atoms with Crippen molar-refractivity contribution in [2.75, 3.05) is 26.0 Å². The van der Waals surface area contributed by atoms with Gasteiger partial charge in [0.15, 0.2) is 0 Å². The summed E-state index contributed by atoms with van der Waals surface area (Å²) in [6.07, 6.45) is 2.87. The third-order valence-electron chi connectivity index (χ3n) is 5.16. The molecule has 0 saturated heterocycles. The van der Waals surface area contributed by atoms with Crippen molar-refractivity contribution in [3.63, 3.8) is 0 Å². The number of benzene rings is 2. The maximum Gasteiger partial charge on any atom is 0.326 e. The average Bonchev–Trinajstić information content (AvgIpc) is 2.72. The molecule has 6 heteroatoms. The second-order valence-corrected chi connectivity index (χ2v) is 9.41. The van der Waals surface area contributed by atoms with Crippen LogP contribution in [0.5, 0.6) is 0 Å². The minimum absolute atomic E-state index is 0.00473. The number of imide groups is 1. The number of unbranched alkanes of at least 4 members (excludes halogenated alkanes) is 1. The molecule has 0 unspecified atom stereocenters. The Morgan fingerprint density at radius 1 is 0.875 bits per heavy atom. The van der Waals surface area contributed by atoms with E-state index < -0.39 is 11.9 Å². The Kier molecular flexibility index (Phi) is 9.14. The van der Waals surface area contributed by atoms with Crippen LogP contribution in [0.4, 0.5) is 10.5 Å². The van der Waals surface area contributed by atoms with Gasteiger partial charge in [0.1, 0.15) is 5.78 Å². The number of nitrogens with zero attached hydrogens (tertiary/aromatic N) is 1. The number of anilines is 1. The molecule has 0 aliphatic carbocycles. The number of ketones is 1. The number of rotatable bonds is 9. The van der Waals surface area contributed by atoms with Crippen molar-refractivity contribution in [2.45, 2.75) is 51.9 Å². The molecule has 0 atom stereocenters. The molecule has 6 nitrogen and oxygen atoms in total. The molecule has 2 rings (SSSR count). The number of amides is 3. The number of carbonyl (C=O) groups is 3. The first-order chi connectivity index (χ1) is 15.0. The number of carbonyl (C=O) groups excluding carboxylic acids is 3. The Labute approximate surface area is 191 Å². The zero-order valence-electron chi connectivity index (χ0n) is 19.8. The van der Waals surface area contributed by atoms with Gasteiger partial charge < -0.3 is 10.2 Å². The van der Waals surface area contributed by atoms with E-state index in [9.17, 15) is 14.4 Å². The van der Waals surface area contributed by atoms with Crippen LogP contribution in [0.15, 0.2) is 48.5 Å². The molecule has 0 saturated carbocycles. The van der Waals surface area contributed by atoms with Gasteiger partial charge in [-0.2, -0.15) is 0 Å². The molecule has 0 fully saturated rings. The minimum atomic E-state index is -0.598. The lowest BCUT2D eigenvalue weighted by Crippen LogP contribution is -2.34. The monoisotopic (exact) mass is 437 g/mol. The summed E-state index contributed by atoms with van der Waals surface area (Å²) >= 11 is 0. The Morgan fingerprint density at radius 3 is 2.06 bits per heavy atom. The summed E-state index contributed by atoms with van der Waals surface area (Å²) in [7, 11) is 4.05. The Bertz CT molecular complexity index is 911. The molecule has 2 aromatic rings. The second-order valence-electron chi connectivity index (χ2n) is 9.41.